The lowest BCUT2D eigenvalue weighted by Crippen LogP contribution is -2.13. The molecule has 2 unspecified atom stereocenters. The highest BCUT2D eigenvalue weighted by Crippen LogP contribution is 2.28. The number of halogens is 1. The highest BCUT2D eigenvalue weighted by atomic mass is 35.5. The van der Waals surface area contributed by atoms with E-state index in [1.807, 2.05) is 25.2 Å². The van der Waals surface area contributed by atoms with E-state index in [-0.39, 0.29) is 0 Å². The molecule has 0 spiro atoms. The Morgan fingerprint density at radius 1 is 1.56 bits per heavy atom. The van der Waals surface area contributed by atoms with Gasteiger partial charge < -0.3 is 14.8 Å². The van der Waals surface area contributed by atoms with Crippen LogP contribution in [0.4, 0.5) is 0 Å². The van der Waals surface area contributed by atoms with Gasteiger partial charge in [-0.05, 0) is 38.1 Å². The van der Waals surface area contributed by atoms with E-state index >= 15 is 0 Å². The summed E-state index contributed by atoms with van der Waals surface area (Å²) in [4.78, 5) is 0. The van der Waals surface area contributed by atoms with Crippen molar-refractivity contribution in [1.82, 2.24) is 5.32 Å². The van der Waals surface area contributed by atoms with Gasteiger partial charge in [0.15, 0.2) is 0 Å². The van der Waals surface area contributed by atoms with Gasteiger partial charge in [0.1, 0.15) is 5.75 Å². The van der Waals surface area contributed by atoms with Crippen molar-refractivity contribution in [2.75, 3.05) is 26.9 Å². The summed E-state index contributed by atoms with van der Waals surface area (Å²) in [7, 11) is 1.93. The maximum Gasteiger partial charge on any atom is 0.137 e. The minimum absolute atomic E-state index is 0.291. The molecule has 18 heavy (non-hydrogen) atoms. The van der Waals surface area contributed by atoms with Crippen LogP contribution >= 0.6 is 11.6 Å². The molecule has 0 amide bonds. The summed E-state index contributed by atoms with van der Waals surface area (Å²) in [6.07, 6.45) is 1.08. The van der Waals surface area contributed by atoms with Crippen molar-refractivity contribution in [3.05, 3.63) is 28.8 Å². The zero-order chi connectivity index (χ0) is 13.0. The van der Waals surface area contributed by atoms with Crippen LogP contribution < -0.4 is 10.1 Å². The summed E-state index contributed by atoms with van der Waals surface area (Å²) in [5.41, 5.74) is 1.17. The molecule has 1 aromatic carbocycles. The molecule has 4 heteroatoms. The van der Waals surface area contributed by atoms with E-state index in [4.69, 9.17) is 21.1 Å². The molecule has 1 saturated heterocycles. The van der Waals surface area contributed by atoms with Crippen LogP contribution in [0.25, 0.3) is 0 Å². The van der Waals surface area contributed by atoms with Gasteiger partial charge in [0.05, 0.1) is 18.2 Å². The summed E-state index contributed by atoms with van der Waals surface area (Å²) < 4.78 is 11.1. The first-order valence-electron chi connectivity index (χ1n) is 6.38. The van der Waals surface area contributed by atoms with Crippen LogP contribution in [0.1, 0.15) is 24.9 Å². The van der Waals surface area contributed by atoms with Crippen LogP contribution in [0, 0.1) is 5.92 Å². The van der Waals surface area contributed by atoms with Crippen LogP contribution in [0.5, 0.6) is 5.75 Å². The van der Waals surface area contributed by atoms with Gasteiger partial charge in [-0.2, -0.15) is 0 Å². The molecule has 1 aromatic rings. The van der Waals surface area contributed by atoms with Crippen molar-refractivity contribution >= 4 is 11.6 Å². The summed E-state index contributed by atoms with van der Waals surface area (Å²) >= 11 is 6.23. The molecule has 100 valence electrons. The molecule has 3 nitrogen and oxygen atoms in total. The number of nitrogens with one attached hydrogen (secondary N) is 1. The SMILES string of the molecule is CNC(C)c1ccc(OCC2CCOC2)c(Cl)c1. The Kier molecular flexibility index (Phi) is 4.87. The van der Waals surface area contributed by atoms with Crippen LogP contribution in [0.15, 0.2) is 18.2 Å². The maximum atomic E-state index is 6.23. The minimum Gasteiger partial charge on any atom is -0.492 e. The first-order valence-corrected chi connectivity index (χ1v) is 6.75. The van der Waals surface area contributed by atoms with Gasteiger partial charge in [0, 0.05) is 18.6 Å². The zero-order valence-corrected chi connectivity index (χ0v) is 11.7. The second-order valence-corrected chi connectivity index (χ2v) is 5.15. The molecular weight excluding hydrogens is 250 g/mol. The van der Waals surface area contributed by atoms with E-state index < -0.39 is 0 Å². The molecule has 2 atom stereocenters. The summed E-state index contributed by atoms with van der Waals surface area (Å²) in [5.74, 6) is 1.26. The second kappa shape index (κ2) is 6.41. The van der Waals surface area contributed by atoms with Gasteiger partial charge in [-0.3, -0.25) is 0 Å². The Morgan fingerprint density at radius 2 is 2.39 bits per heavy atom. The summed E-state index contributed by atoms with van der Waals surface area (Å²) in [6.45, 7) is 4.43. The predicted molar refractivity (Wildman–Crippen MR) is 73.3 cm³/mol. The van der Waals surface area contributed by atoms with E-state index in [2.05, 4.69) is 12.2 Å². The summed E-state index contributed by atoms with van der Waals surface area (Å²) in [6, 6.07) is 6.25. The molecule has 0 aliphatic carbocycles. The van der Waals surface area contributed by atoms with E-state index in [0.717, 1.165) is 25.4 Å². The Morgan fingerprint density at radius 3 is 3.00 bits per heavy atom. The fourth-order valence-corrected chi connectivity index (χ4v) is 2.24. The average Bonchev–Trinajstić information content (AvgIpc) is 2.89. The second-order valence-electron chi connectivity index (χ2n) is 4.74. The highest BCUT2D eigenvalue weighted by Gasteiger charge is 2.17. The number of rotatable bonds is 5. The molecule has 0 saturated carbocycles. The predicted octanol–water partition coefficient (Wildman–Crippen LogP) is 3.04. The van der Waals surface area contributed by atoms with Crippen LogP contribution in [-0.4, -0.2) is 26.9 Å². The van der Waals surface area contributed by atoms with Crippen LogP contribution in [0.2, 0.25) is 5.02 Å². The van der Waals surface area contributed by atoms with E-state index in [0.29, 0.717) is 23.6 Å². The fraction of sp³-hybridized carbons (Fsp3) is 0.571. The molecule has 1 aliphatic rings. The van der Waals surface area contributed by atoms with Gasteiger partial charge in [-0.15, -0.1) is 0 Å². The van der Waals surface area contributed by atoms with Crippen molar-refractivity contribution in [3.63, 3.8) is 0 Å². The Balaban J connectivity index is 1.96. The average molecular weight is 270 g/mol. The molecule has 0 aromatic heterocycles. The Hall–Kier alpha value is -0.770. The van der Waals surface area contributed by atoms with Crippen LogP contribution in [0.3, 0.4) is 0 Å². The van der Waals surface area contributed by atoms with Crippen molar-refractivity contribution in [2.45, 2.75) is 19.4 Å². The smallest absolute Gasteiger partial charge is 0.137 e. The number of hydrogen-bond acceptors (Lipinski definition) is 3. The lowest BCUT2D eigenvalue weighted by atomic mass is 10.1. The van der Waals surface area contributed by atoms with Crippen molar-refractivity contribution in [1.29, 1.82) is 0 Å². The molecule has 0 radical (unpaired) electrons. The molecular formula is C14H20ClNO2. The summed E-state index contributed by atoms with van der Waals surface area (Å²) in [5, 5.41) is 3.86. The van der Waals surface area contributed by atoms with E-state index in [1.54, 1.807) is 0 Å². The molecule has 2 rings (SSSR count). The first-order chi connectivity index (χ1) is 8.70. The minimum atomic E-state index is 0.291. The van der Waals surface area contributed by atoms with Crippen LogP contribution in [-0.2, 0) is 4.74 Å². The Bertz CT molecular complexity index is 391. The standard InChI is InChI=1S/C14H20ClNO2/c1-10(16-2)12-3-4-14(13(15)7-12)18-9-11-5-6-17-8-11/h3-4,7,10-11,16H,5-6,8-9H2,1-2H3. The Labute approximate surface area is 113 Å². The largest absolute Gasteiger partial charge is 0.492 e. The molecule has 1 N–H and O–H groups in total. The first kappa shape index (κ1) is 13.7. The normalized spacial score (nSPS) is 20.9. The lowest BCUT2D eigenvalue weighted by Gasteiger charge is -2.15. The van der Waals surface area contributed by atoms with Crippen molar-refractivity contribution in [2.24, 2.45) is 5.92 Å². The lowest BCUT2D eigenvalue weighted by molar-refractivity contribution is 0.167. The zero-order valence-electron chi connectivity index (χ0n) is 10.9. The molecule has 1 aliphatic heterocycles. The van der Waals surface area contributed by atoms with Crippen molar-refractivity contribution in [3.8, 4) is 5.75 Å². The monoisotopic (exact) mass is 269 g/mol. The van der Waals surface area contributed by atoms with Gasteiger partial charge >= 0.3 is 0 Å². The van der Waals surface area contributed by atoms with E-state index in [1.165, 1.54) is 5.56 Å². The van der Waals surface area contributed by atoms with Gasteiger partial charge in [0.2, 0.25) is 0 Å². The van der Waals surface area contributed by atoms with Crippen molar-refractivity contribution < 1.29 is 9.47 Å². The third kappa shape index (κ3) is 3.37. The highest BCUT2D eigenvalue weighted by molar-refractivity contribution is 6.32. The fourth-order valence-electron chi connectivity index (χ4n) is 1.99. The topological polar surface area (TPSA) is 30.5 Å². The van der Waals surface area contributed by atoms with Gasteiger partial charge in [-0.1, -0.05) is 17.7 Å². The molecule has 1 heterocycles. The number of hydrogen-bond donors (Lipinski definition) is 1. The third-order valence-electron chi connectivity index (χ3n) is 3.39. The maximum absolute atomic E-state index is 6.23. The molecule has 0 bridgehead atoms. The molecule has 1 fully saturated rings. The third-order valence-corrected chi connectivity index (χ3v) is 3.68. The number of benzene rings is 1. The van der Waals surface area contributed by atoms with Gasteiger partial charge in [-0.25, -0.2) is 0 Å². The quantitative estimate of drug-likeness (QED) is 0.891. The van der Waals surface area contributed by atoms with E-state index in [9.17, 15) is 0 Å². The van der Waals surface area contributed by atoms with Gasteiger partial charge in [0.25, 0.3) is 0 Å². The number of ether oxygens (including phenoxy) is 2.